The van der Waals surface area contributed by atoms with Gasteiger partial charge in [-0.25, -0.2) is 4.98 Å². The molecule has 2 aliphatic rings. The number of nitrogens with one attached hydrogen (secondary N) is 1. The Morgan fingerprint density at radius 1 is 1.00 bits per heavy atom. The molecule has 0 bridgehead atoms. The maximum atomic E-state index is 13.0. The summed E-state index contributed by atoms with van der Waals surface area (Å²) in [5, 5.41) is 3.43. The van der Waals surface area contributed by atoms with Crippen LogP contribution in [0.1, 0.15) is 29.3 Å². The SMILES string of the molecule is CC(=O)c1cccc(-c2ccc3c(n2)N(C2=CC=CCC=C2)C(Nc2ccccc2)=CC(=O)C3)c1. The van der Waals surface area contributed by atoms with Crippen LogP contribution in [0.25, 0.3) is 11.3 Å². The van der Waals surface area contributed by atoms with Crippen LogP contribution in [0.2, 0.25) is 0 Å². The Kier molecular flexibility index (Phi) is 6.22. The van der Waals surface area contributed by atoms with Crippen LogP contribution in [-0.4, -0.2) is 16.6 Å². The summed E-state index contributed by atoms with van der Waals surface area (Å²) in [7, 11) is 0. The number of allylic oxidation sites excluding steroid dienone is 6. The number of carbonyl (C=O) groups excluding carboxylic acids is 2. The second-order valence-electron chi connectivity index (χ2n) is 8.47. The number of carbonyl (C=O) groups is 2. The fraction of sp³-hybridized carbons (Fsp3) is 0.100. The average Bonchev–Trinajstić information content (AvgIpc) is 3.21. The lowest BCUT2D eigenvalue weighted by molar-refractivity contribution is -0.114. The first kappa shape index (κ1) is 22.3. The van der Waals surface area contributed by atoms with E-state index in [9.17, 15) is 9.59 Å². The molecule has 1 aliphatic heterocycles. The predicted molar refractivity (Wildman–Crippen MR) is 140 cm³/mol. The highest BCUT2D eigenvalue weighted by Crippen LogP contribution is 2.34. The summed E-state index contributed by atoms with van der Waals surface area (Å²) in [6.07, 6.45) is 13.0. The van der Waals surface area contributed by atoms with E-state index in [1.54, 1.807) is 19.1 Å². The lowest BCUT2D eigenvalue weighted by atomic mass is 10.0. The number of ketones is 2. The minimum absolute atomic E-state index is 0.00551. The quantitative estimate of drug-likeness (QED) is 0.458. The van der Waals surface area contributed by atoms with Gasteiger partial charge in [-0.1, -0.05) is 60.7 Å². The Labute approximate surface area is 204 Å². The van der Waals surface area contributed by atoms with Crippen molar-refractivity contribution in [2.45, 2.75) is 19.8 Å². The largest absolute Gasteiger partial charge is 0.341 e. The molecule has 0 saturated heterocycles. The number of anilines is 2. The number of benzene rings is 2. The second kappa shape index (κ2) is 9.77. The zero-order valence-electron chi connectivity index (χ0n) is 19.4. The first-order valence-electron chi connectivity index (χ1n) is 11.6. The van der Waals surface area contributed by atoms with E-state index in [0.29, 0.717) is 17.2 Å². The standard InChI is InChI=1S/C30H25N3O2/c1-21(34)22-10-9-11-23(18-22)28-17-16-24-19-27(35)20-29(31-25-12-5-4-6-13-25)33(30(24)32-28)26-14-7-2-3-8-15-26/h2,4-18,20,31H,3,19H2,1H3. The van der Waals surface area contributed by atoms with Gasteiger partial charge in [-0.05, 0) is 49.8 Å². The van der Waals surface area contributed by atoms with Crippen molar-refractivity contribution in [2.24, 2.45) is 0 Å². The number of aromatic nitrogens is 1. The summed E-state index contributed by atoms with van der Waals surface area (Å²) in [5.74, 6) is 1.32. The van der Waals surface area contributed by atoms with Gasteiger partial charge in [0.25, 0.3) is 0 Å². The lowest BCUT2D eigenvalue weighted by Crippen LogP contribution is -2.27. The number of pyridine rings is 1. The van der Waals surface area contributed by atoms with Crippen molar-refractivity contribution in [1.82, 2.24) is 4.98 Å². The number of fused-ring (bicyclic) bond motifs is 1. The van der Waals surface area contributed by atoms with E-state index in [0.717, 1.165) is 34.6 Å². The molecule has 1 aromatic heterocycles. The molecule has 0 radical (unpaired) electrons. The molecule has 3 aromatic rings. The second-order valence-corrected chi connectivity index (χ2v) is 8.47. The molecule has 172 valence electrons. The summed E-state index contributed by atoms with van der Waals surface area (Å²) in [5.41, 5.74) is 4.83. The minimum atomic E-state index is -0.00551. The molecule has 1 aliphatic carbocycles. The average molecular weight is 460 g/mol. The third-order valence-corrected chi connectivity index (χ3v) is 5.90. The van der Waals surface area contributed by atoms with Gasteiger partial charge in [-0.3, -0.25) is 14.5 Å². The molecule has 0 spiro atoms. The third kappa shape index (κ3) is 4.89. The molecule has 35 heavy (non-hydrogen) atoms. The first-order valence-corrected chi connectivity index (χ1v) is 11.6. The number of para-hydroxylation sites is 1. The van der Waals surface area contributed by atoms with E-state index in [4.69, 9.17) is 4.98 Å². The van der Waals surface area contributed by atoms with Gasteiger partial charge in [0.2, 0.25) is 0 Å². The number of rotatable bonds is 5. The maximum absolute atomic E-state index is 13.0. The van der Waals surface area contributed by atoms with Gasteiger partial charge in [0.15, 0.2) is 11.6 Å². The summed E-state index contributed by atoms with van der Waals surface area (Å²) in [6.45, 7) is 1.56. The molecule has 0 unspecified atom stereocenters. The Balaban J connectivity index is 1.67. The third-order valence-electron chi connectivity index (χ3n) is 5.90. The molecule has 0 atom stereocenters. The van der Waals surface area contributed by atoms with Crippen LogP contribution in [0.15, 0.2) is 115 Å². The van der Waals surface area contributed by atoms with Gasteiger partial charge in [0.1, 0.15) is 11.6 Å². The molecule has 5 nitrogen and oxygen atoms in total. The van der Waals surface area contributed by atoms with Crippen molar-refractivity contribution in [3.8, 4) is 11.3 Å². The molecule has 0 fully saturated rings. The summed E-state index contributed by atoms with van der Waals surface area (Å²) < 4.78 is 0. The van der Waals surface area contributed by atoms with Crippen molar-refractivity contribution < 1.29 is 9.59 Å². The Bertz CT molecular complexity index is 1410. The Morgan fingerprint density at radius 3 is 2.69 bits per heavy atom. The summed E-state index contributed by atoms with van der Waals surface area (Å²) in [6, 6.07) is 21.1. The van der Waals surface area contributed by atoms with Gasteiger partial charge in [-0.2, -0.15) is 0 Å². The van der Waals surface area contributed by atoms with E-state index in [2.05, 4.69) is 17.5 Å². The van der Waals surface area contributed by atoms with Crippen molar-refractivity contribution in [1.29, 1.82) is 0 Å². The van der Waals surface area contributed by atoms with Gasteiger partial charge in [0.05, 0.1) is 5.69 Å². The highest BCUT2D eigenvalue weighted by Gasteiger charge is 2.26. The number of hydrogen-bond donors (Lipinski definition) is 1. The van der Waals surface area contributed by atoms with Gasteiger partial charge in [0, 0.05) is 40.6 Å². The van der Waals surface area contributed by atoms with Crippen LogP contribution in [0.4, 0.5) is 11.5 Å². The van der Waals surface area contributed by atoms with Gasteiger partial charge in [-0.15, -0.1) is 0 Å². The topological polar surface area (TPSA) is 62.3 Å². The van der Waals surface area contributed by atoms with Crippen LogP contribution in [0, 0.1) is 0 Å². The zero-order chi connectivity index (χ0) is 24.2. The molecule has 5 rings (SSSR count). The van der Waals surface area contributed by atoms with Crippen molar-refractivity contribution in [2.75, 3.05) is 10.2 Å². The summed E-state index contributed by atoms with van der Waals surface area (Å²) >= 11 is 0. The summed E-state index contributed by atoms with van der Waals surface area (Å²) in [4.78, 5) is 31.9. The fourth-order valence-electron chi connectivity index (χ4n) is 4.18. The van der Waals surface area contributed by atoms with Crippen LogP contribution < -0.4 is 10.2 Å². The van der Waals surface area contributed by atoms with E-state index < -0.39 is 0 Å². The van der Waals surface area contributed by atoms with E-state index in [1.165, 1.54) is 0 Å². The van der Waals surface area contributed by atoms with Crippen molar-refractivity contribution in [3.63, 3.8) is 0 Å². The highest BCUT2D eigenvalue weighted by atomic mass is 16.1. The molecule has 1 N–H and O–H groups in total. The van der Waals surface area contributed by atoms with Crippen LogP contribution in [0.5, 0.6) is 0 Å². The zero-order valence-corrected chi connectivity index (χ0v) is 19.4. The smallest absolute Gasteiger partial charge is 0.163 e. The molecular formula is C30H25N3O2. The minimum Gasteiger partial charge on any atom is -0.341 e. The Morgan fingerprint density at radius 2 is 1.86 bits per heavy atom. The highest BCUT2D eigenvalue weighted by molar-refractivity contribution is 5.97. The number of Topliss-reactive ketones (excluding diaryl/α,β-unsaturated/α-hetero) is 1. The molecular weight excluding hydrogens is 434 g/mol. The maximum Gasteiger partial charge on any atom is 0.163 e. The van der Waals surface area contributed by atoms with Crippen LogP contribution in [-0.2, 0) is 11.2 Å². The van der Waals surface area contributed by atoms with E-state index in [1.807, 2.05) is 83.8 Å². The van der Waals surface area contributed by atoms with Gasteiger partial charge >= 0.3 is 0 Å². The van der Waals surface area contributed by atoms with Crippen molar-refractivity contribution >= 4 is 23.1 Å². The molecule has 2 heterocycles. The first-order chi connectivity index (χ1) is 17.1. The van der Waals surface area contributed by atoms with Gasteiger partial charge < -0.3 is 5.32 Å². The predicted octanol–water partition coefficient (Wildman–Crippen LogP) is 6.24. The Hall–Kier alpha value is -4.51. The van der Waals surface area contributed by atoms with Crippen LogP contribution in [0.3, 0.4) is 0 Å². The molecule has 0 amide bonds. The van der Waals surface area contributed by atoms with Crippen LogP contribution >= 0.6 is 0 Å². The number of hydrogen-bond acceptors (Lipinski definition) is 5. The molecule has 5 heteroatoms. The van der Waals surface area contributed by atoms with E-state index >= 15 is 0 Å². The van der Waals surface area contributed by atoms with Crippen molar-refractivity contribution in [3.05, 3.63) is 126 Å². The van der Waals surface area contributed by atoms with E-state index in [-0.39, 0.29) is 18.0 Å². The monoisotopic (exact) mass is 459 g/mol. The fourth-order valence-corrected chi connectivity index (χ4v) is 4.18. The normalized spacial score (nSPS) is 15.0. The molecule has 2 aromatic carbocycles. The molecule has 0 saturated carbocycles. The lowest BCUT2D eigenvalue weighted by Gasteiger charge is -2.29. The number of nitrogens with zero attached hydrogens (tertiary/aromatic N) is 2.